The van der Waals surface area contributed by atoms with Crippen LogP contribution in [-0.2, 0) is 5.41 Å². The van der Waals surface area contributed by atoms with Gasteiger partial charge in [-0.25, -0.2) is 0 Å². The van der Waals surface area contributed by atoms with Crippen molar-refractivity contribution in [3.8, 4) is 22.3 Å². The average Bonchev–Trinajstić information content (AvgIpc) is 3.60. The van der Waals surface area contributed by atoms with E-state index >= 15 is 0 Å². The Morgan fingerprint density at radius 3 is 1.78 bits per heavy atom. The van der Waals surface area contributed by atoms with Gasteiger partial charge in [0.15, 0.2) is 0 Å². The first-order valence-electron chi connectivity index (χ1n) is 20.6. The van der Waals surface area contributed by atoms with Crippen LogP contribution in [0.25, 0.3) is 38.6 Å². The summed E-state index contributed by atoms with van der Waals surface area (Å²) in [7, 11) is 0. The van der Waals surface area contributed by atoms with Crippen LogP contribution in [0.4, 0.5) is 17.1 Å². The third-order valence-electron chi connectivity index (χ3n) is 12.6. The fourth-order valence-corrected chi connectivity index (χ4v) is 10.1. The maximum Gasteiger partial charge on any atom is 0.0714 e. The van der Waals surface area contributed by atoms with Crippen LogP contribution in [0.2, 0.25) is 0 Å². The first-order chi connectivity index (χ1) is 29.2. The highest BCUT2D eigenvalue weighted by molar-refractivity contribution is 6.05. The van der Waals surface area contributed by atoms with E-state index in [-0.39, 0.29) is 0 Å². The molecule has 0 fully saturated rings. The molecular weight excluding hydrogens is 713 g/mol. The number of hydrogen-bond acceptors (Lipinski definition) is 2. The molecule has 3 aliphatic rings. The minimum atomic E-state index is -0.481. The Labute approximate surface area is 346 Å². The smallest absolute Gasteiger partial charge is 0.0714 e. The van der Waals surface area contributed by atoms with Crippen LogP contribution >= 0.6 is 0 Å². The zero-order valence-corrected chi connectivity index (χ0v) is 32.7. The zero-order valence-electron chi connectivity index (χ0n) is 32.7. The maximum absolute atomic E-state index is 6.63. The molecule has 8 aromatic rings. The summed E-state index contributed by atoms with van der Waals surface area (Å²) >= 11 is 0. The van der Waals surface area contributed by atoms with Gasteiger partial charge < -0.3 is 10.6 Å². The van der Waals surface area contributed by atoms with E-state index in [0.29, 0.717) is 5.92 Å². The van der Waals surface area contributed by atoms with E-state index in [1.54, 1.807) is 0 Å². The van der Waals surface area contributed by atoms with Crippen molar-refractivity contribution in [2.45, 2.75) is 11.8 Å². The molecule has 59 heavy (non-hydrogen) atoms. The minimum Gasteiger partial charge on any atom is -0.398 e. The Bertz CT molecular complexity index is 2970. The second kappa shape index (κ2) is 14.2. The van der Waals surface area contributed by atoms with E-state index in [1.807, 2.05) is 6.08 Å². The van der Waals surface area contributed by atoms with Gasteiger partial charge in [0.25, 0.3) is 0 Å². The molecule has 0 aliphatic heterocycles. The van der Waals surface area contributed by atoms with Gasteiger partial charge in [-0.1, -0.05) is 182 Å². The molecule has 2 N–H and O–H groups in total. The predicted molar refractivity (Wildman–Crippen MR) is 247 cm³/mol. The maximum atomic E-state index is 6.63. The van der Waals surface area contributed by atoms with Crippen molar-refractivity contribution in [1.29, 1.82) is 0 Å². The molecule has 0 saturated carbocycles. The normalized spacial score (nSPS) is 16.0. The lowest BCUT2D eigenvalue weighted by Crippen LogP contribution is -2.28. The van der Waals surface area contributed by atoms with Crippen LogP contribution in [0.3, 0.4) is 0 Å². The molecule has 0 saturated heterocycles. The van der Waals surface area contributed by atoms with Gasteiger partial charge in [-0.3, -0.25) is 0 Å². The van der Waals surface area contributed by atoms with Gasteiger partial charge in [-0.15, -0.1) is 0 Å². The first kappa shape index (κ1) is 34.8. The molecule has 0 bridgehead atoms. The van der Waals surface area contributed by atoms with Crippen LogP contribution < -0.4 is 10.6 Å². The molecule has 8 aromatic carbocycles. The van der Waals surface area contributed by atoms with Gasteiger partial charge in [0.05, 0.1) is 5.41 Å². The molecule has 11 rings (SSSR count). The number of allylic oxidation sites excluding steroid dienone is 7. The van der Waals surface area contributed by atoms with Crippen LogP contribution in [0.1, 0.15) is 34.2 Å². The van der Waals surface area contributed by atoms with Crippen LogP contribution in [0.15, 0.2) is 236 Å². The molecule has 2 heteroatoms. The van der Waals surface area contributed by atoms with E-state index in [0.717, 1.165) is 29.2 Å². The van der Waals surface area contributed by atoms with Gasteiger partial charge in [0, 0.05) is 28.7 Å². The van der Waals surface area contributed by atoms with Crippen molar-refractivity contribution in [1.82, 2.24) is 0 Å². The second-order valence-corrected chi connectivity index (χ2v) is 15.8. The SMILES string of the molecule is NC1=CC=CC2CC=CC(c3ccc(-c4ccc(N(c5ccccc5)c5ccc6c(c5)C(c5ccccc5)(c5ccccc5)c5ccccc5-6)cc4)c4ccccc34)=C12. The molecule has 1 unspecified atom stereocenters. The van der Waals surface area contributed by atoms with E-state index in [4.69, 9.17) is 5.73 Å². The molecule has 0 aromatic heterocycles. The highest BCUT2D eigenvalue weighted by Crippen LogP contribution is 2.57. The first-order valence-corrected chi connectivity index (χ1v) is 20.6. The summed E-state index contributed by atoms with van der Waals surface area (Å²) in [6, 6.07) is 71.3. The molecule has 0 heterocycles. The lowest BCUT2D eigenvalue weighted by Gasteiger charge is -2.35. The quantitative estimate of drug-likeness (QED) is 0.176. The van der Waals surface area contributed by atoms with Crippen molar-refractivity contribution < 1.29 is 0 Å². The fourth-order valence-electron chi connectivity index (χ4n) is 10.1. The van der Waals surface area contributed by atoms with Crippen molar-refractivity contribution in [2.75, 3.05) is 4.90 Å². The molecule has 0 radical (unpaired) electrons. The summed E-state index contributed by atoms with van der Waals surface area (Å²) in [5, 5.41) is 2.46. The molecule has 0 amide bonds. The third kappa shape index (κ3) is 5.56. The Balaban J connectivity index is 1.05. The average molecular weight is 755 g/mol. The van der Waals surface area contributed by atoms with E-state index in [1.165, 1.54) is 72.0 Å². The number of fused-ring (bicyclic) bond motifs is 5. The molecular formula is C57H42N2. The van der Waals surface area contributed by atoms with Crippen molar-refractivity contribution >= 4 is 33.4 Å². The van der Waals surface area contributed by atoms with E-state index in [9.17, 15) is 0 Å². The number of hydrogen-bond donors (Lipinski definition) is 1. The van der Waals surface area contributed by atoms with E-state index < -0.39 is 5.41 Å². The lowest BCUT2D eigenvalue weighted by molar-refractivity contribution is 0.766. The van der Waals surface area contributed by atoms with E-state index in [2.05, 4.69) is 223 Å². The lowest BCUT2D eigenvalue weighted by atomic mass is 9.67. The molecule has 280 valence electrons. The number of nitrogens with zero attached hydrogens (tertiary/aromatic N) is 1. The van der Waals surface area contributed by atoms with Gasteiger partial charge >= 0.3 is 0 Å². The largest absolute Gasteiger partial charge is 0.398 e. The third-order valence-corrected chi connectivity index (χ3v) is 12.6. The molecule has 3 aliphatic carbocycles. The van der Waals surface area contributed by atoms with Crippen molar-refractivity contribution in [2.24, 2.45) is 11.7 Å². The Morgan fingerprint density at radius 1 is 0.492 bits per heavy atom. The number of para-hydroxylation sites is 1. The predicted octanol–water partition coefficient (Wildman–Crippen LogP) is 14.1. The summed E-state index contributed by atoms with van der Waals surface area (Å²) in [4.78, 5) is 2.39. The van der Waals surface area contributed by atoms with Crippen LogP contribution in [0.5, 0.6) is 0 Å². The Hall–Kier alpha value is -7.42. The standard InChI is InChI=1S/C57H42N2/c58-55-29-15-17-40-16-14-27-52(56(40)55)49-37-36-46(47-24-10-11-25-48(47)49)39-30-32-44(33-31-39)59(43-22-8-3-9-23-43)45-34-35-51-50-26-12-13-28-53(50)57(54(51)38-45,41-18-4-1-5-19-41)42-20-6-2-7-21-42/h1-15,17-38,40H,16,58H2. The Kier molecular flexibility index (Phi) is 8.37. The van der Waals surface area contributed by atoms with Gasteiger partial charge in [-0.2, -0.15) is 0 Å². The molecule has 2 nitrogen and oxygen atoms in total. The van der Waals surface area contributed by atoms with Gasteiger partial charge in [0.1, 0.15) is 0 Å². The molecule has 0 spiro atoms. The minimum absolute atomic E-state index is 0.313. The monoisotopic (exact) mass is 754 g/mol. The highest BCUT2D eigenvalue weighted by atomic mass is 15.1. The Morgan fingerprint density at radius 2 is 1.05 bits per heavy atom. The number of nitrogens with two attached hydrogens (primary N) is 1. The van der Waals surface area contributed by atoms with Gasteiger partial charge in [0.2, 0.25) is 0 Å². The number of rotatable bonds is 7. The topological polar surface area (TPSA) is 29.3 Å². The summed E-state index contributed by atoms with van der Waals surface area (Å²) in [6.45, 7) is 0. The summed E-state index contributed by atoms with van der Waals surface area (Å²) < 4.78 is 0. The molecule has 1 atom stereocenters. The zero-order chi connectivity index (χ0) is 39.3. The fraction of sp³-hybridized carbons (Fsp3) is 0.0526. The second-order valence-electron chi connectivity index (χ2n) is 15.8. The number of benzene rings is 8. The van der Waals surface area contributed by atoms with Gasteiger partial charge in [-0.05, 0) is 121 Å². The summed E-state index contributed by atoms with van der Waals surface area (Å²) in [6.07, 6.45) is 11.9. The van der Waals surface area contributed by atoms with Crippen molar-refractivity contribution in [3.05, 3.63) is 264 Å². The summed E-state index contributed by atoms with van der Waals surface area (Å²) in [5.74, 6) is 0.313. The van der Waals surface area contributed by atoms with Crippen LogP contribution in [-0.4, -0.2) is 0 Å². The number of anilines is 3. The van der Waals surface area contributed by atoms with Crippen LogP contribution in [0, 0.1) is 5.92 Å². The summed E-state index contributed by atoms with van der Waals surface area (Å²) in [5.41, 5.74) is 24.1. The van der Waals surface area contributed by atoms with Crippen molar-refractivity contribution in [3.63, 3.8) is 0 Å². The highest BCUT2D eigenvalue weighted by Gasteiger charge is 2.46.